The van der Waals surface area contributed by atoms with E-state index in [0.29, 0.717) is 33.1 Å². The number of allylic oxidation sites excluding steroid dienone is 2. The van der Waals surface area contributed by atoms with Crippen molar-refractivity contribution in [2.75, 3.05) is 14.2 Å². The zero-order chi connectivity index (χ0) is 15.0. The molecule has 1 aliphatic rings. The number of methoxy groups -OCH3 is 2. The van der Waals surface area contributed by atoms with Crippen molar-refractivity contribution in [3.05, 3.63) is 53.2 Å². The third kappa shape index (κ3) is 1.95. The van der Waals surface area contributed by atoms with Crippen molar-refractivity contribution in [2.45, 2.75) is 0 Å². The van der Waals surface area contributed by atoms with Gasteiger partial charge in [-0.3, -0.25) is 4.79 Å². The van der Waals surface area contributed by atoms with Crippen LogP contribution < -0.4 is 0 Å². The van der Waals surface area contributed by atoms with E-state index < -0.39 is 0 Å². The number of fused-ring (bicyclic) bond motifs is 1. The molecule has 21 heavy (non-hydrogen) atoms. The van der Waals surface area contributed by atoms with Crippen LogP contribution in [-0.2, 0) is 9.47 Å². The number of imidazole rings is 1. The molecule has 0 atom stereocenters. The summed E-state index contributed by atoms with van der Waals surface area (Å²) in [5, 5.41) is 0. The number of benzene rings is 1. The van der Waals surface area contributed by atoms with Gasteiger partial charge in [-0.2, -0.15) is 0 Å². The van der Waals surface area contributed by atoms with Gasteiger partial charge in [-0.15, -0.1) is 0 Å². The number of aromatic nitrogens is 2. The molecule has 1 heterocycles. The Morgan fingerprint density at radius 1 is 1.14 bits per heavy atom. The van der Waals surface area contributed by atoms with Gasteiger partial charge in [-0.25, -0.2) is 4.98 Å². The van der Waals surface area contributed by atoms with Gasteiger partial charge in [0.05, 0.1) is 19.1 Å². The Kier molecular flexibility index (Phi) is 3.31. The number of hydrogen-bond donors (Lipinski definition) is 1. The van der Waals surface area contributed by atoms with Crippen molar-refractivity contribution in [1.29, 1.82) is 0 Å². The number of ketones is 1. The maximum atomic E-state index is 12.7. The van der Waals surface area contributed by atoms with Gasteiger partial charge in [0, 0.05) is 29.1 Å². The lowest BCUT2D eigenvalue weighted by Crippen LogP contribution is -2.24. The summed E-state index contributed by atoms with van der Waals surface area (Å²) in [6.45, 7) is 0. The Morgan fingerprint density at radius 2 is 1.86 bits per heavy atom. The van der Waals surface area contributed by atoms with Crippen LogP contribution in [0.3, 0.4) is 0 Å². The van der Waals surface area contributed by atoms with Crippen molar-refractivity contribution in [3.8, 4) is 11.4 Å². The summed E-state index contributed by atoms with van der Waals surface area (Å²) in [6, 6.07) is 5.46. The molecule has 0 unspecified atom stereocenters. The fraction of sp³-hybridized carbons (Fsp3) is 0.133. The van der Waals surface area contributed by atoms with Gasteiger partial charge >= 0.3 is 0 Å². The number of Topliss-reactive ketones (excluding diaryl/α,β-unsaturated/α-hetero) is 1. The van der Waals surface area contributed by atoms with Gasteiger partial charge in [-0.1, -0.05) is 30.4 Å². The van der Waals surface area contributed by atoms with E-state index >= 15 is 0 Å². The molecule has 0 fully saturated rings. The molecule has 1 aromatic carbocycles. The van der Waals surface area contributed by atoms with Gasteiger partial charge < -0.3 is 14.5 Å². The van der Waals surface area contributed by atoms with Gasteiger partial charge in [0.1, 0.15) is 5.82 Å². The van der Waals surface area contributed by atoms with Crippen LogP contribution in [0, 0.1) is 0 Å². The number of nitrogens with zero attached hydrogens (tertiary/aromatic N) is 1. The molecule has 106 valence electrons. The summed E-state index contributed by atoms with van der Waals surface area (Å²) >= 11 is 5.42. The molecule has 3 rings (SSSR count). The topological polar surface area (TPSA) is 64.2 Å². The first-order chi connectivity index (χ1) is 10.2. The second kappa shape index (κ2) is 5.14. The van der Waals surface area contributed by atoms with E-state index in [1.54, 1.807) is 18.5 Å². The molecular weight excluding hydrogens is 288 g/mol. The summed E-state index contributed by atoms with van der Waals surface area (Å²) in [5.74, 6) is 0.764. The van der Waals surface area contributed by atoms with Gasteiger partial charge in [0.15, 0.2) is 5.76 Å². The number of carbonyl (C=O) groups is 1. The van der Waals surface area contributed by atoms with Crippen LogP contribution in [0.5, 0.6) is 0 Å². The molecule has 2 aromatic rings. The highest BCUT2D eigenvalue weighted by molar-refractivity contribution is 7.81. The Morgan fingerprint density at radius 3 is 2.48 bits per heavy atom. The molecule has 1 N–H and O–H groups in total. The first-order valence-electron chi connectivity index (χ1n) is 6.23. The van der Waals surface area contributed by atoms with Gasteiger partial charge in [-0.05, 0) is 0 Å². The lowest BCUT2D eigenvalue weighted by Gasteiger charge is -2.22. The maximum absolute atomic E-state index is 12.7. The Balaban J connectivity index is 2.28. The van der Waals surface area contributed by atoms with Crippen LogP contribution >= 0.6 is 12.2 Å². The standard InChI is InChI=1S/C15H12N2O3S/c1-19-12-11(18)10-8(14(21)13(12)20-2)4-3-5-9(10)15-16-6-7-17-15/h3-7H,1-2H3,(H,16,17). The second-order valence-electron chi connectivity index (χ2n) is 4.39. The number of hydrogen-bond acceptors (Lipinski definition) is 5. The zero-order valence-corrected chi connectivity index (χ0v) is 12.3. The molecule has 0 aliphatic heterocycles. The fourth-order valence-electron chi connectivity index (χ4n) is 2.41. The molecule has 0 radical (unpaired) electrons. The number of nitrogens with one attached hydrogen (secondary N) is 1. The first-order valence-corrected chi connectivity index (χ1v) is 6.64. The van der Waals surface area contributed by atoms with Crippen molar-refractivity contribution in [3.63, 3.8) is 0 Å². The number of aromatic amines is 1. The molecule has 1 aliphatic carbocycles. The number of carbonyl (C=O) groups excluding carboxylic acids is 1. The second-order valence-corrected chi connectivity index (χ2v) is 4.80. The van der Waals surface area contributed by atoms with Crippen LogP contribution in [-0.4, -0.2) is 34.8 Å². The minimum atomic E-state index is -0.259. The molecular formula is C15H12N2O3S. The molecule has 0 spiro atoms. The van der Waals surface area contributed by atoms with E-state index in [1.807, 2.05) is 12.1 Å². The lowest BCUT2D eigenvalue weighted by molar-refractivity contribution is 0.0932. The normalized spacial score (nSPS) is 14.2. The highest BCUT2D eigenvalue weighted by Crippen LogP contribution is 2.33. The smallest absolute Gasteiger partial charge is 0.232 e. The summed E-state index contributed by atoms with van der Waals surface area (Å²) in [4.78, 5) is 20.4. The van der Waals surface area contributed by atoms with E-state index in [1.165, 1.54) is 14.2 Å². The van der Waals surface area contributed by atoms with E-state index in [2.05, 4.69) is 9.97 Å². The SMILES string of the molecule is COC1=C(OC)C(=S)c2cccc(-c3ncc[nH]3)c2C1=O. The summed E-state index contributed by atoms with van der Waals surface area (Å²) in [7, 11) is 2.89. The van der Waals surface area contributed by atoms with Crippen molar-refractivity contribution in [2.24, 2.45) is 0 Å². The van der Waals surface area contributed by atoms with E-state index in [-0.39, 0.29) is 11.5 Å². The number of thiocarbonyl (C=S) groups is 1. The molecule has 0 saturated heterocycles. The Labute approximate surface area is 126 Å². The fourth-order valence-corrected chi connectivity index (χ4v) is 2.76. The Hall–Kier alpha value is -2.47. The molecule has 6 heteroatoms. The largest absolute Gasteiger partial charge is 0.491 e. The minimum Gasteiger partial charge on any atom is -0.491 e. The monoisotopic (exact) mass is 300 g/mol. The molecule has 1 aromatic heterocycles. The van der Waals surface area contributed by atoms with Crippen LogP contribution in [0.15, 0.2) is 42.1 Å². The molecule has 5 nitrogen and oxygen atoms in total. The summed E-state index contributed by atoms with van der Waals surface area (Å²) in [5.41, 5.74) is 1.83. The average molecular weight is 300 g/mol. The number of rotatable bonds is 3. The number of H-pyrrole nitrogens is 1. The van der Waals surface area contributed by atoms with E-state index in [0.717, 1.165) is 0 Å². The van der Waals surface area contributed by atoms with Crippen LogP contribution in [0.2, 0.25) is 0 Å². The maximum Gasteiger partial charge on any atom is 0.232 e. The molecule has 0 bridgehead atoms. The van der Waals surface area contributed by atoms with Crippen LogP contribution in [0.1, 0.15) is 15.9 Å². The minimum absolute atomic E-state index is 0.119. The molecule has 0 amide bonds. The predicted molar refractivity (Wildman–Crippen MR) is 81.1 cm³/mol. The predicted octanol–water partition coefficient (Wildman–Crippen LogP) is 2.50. The number of ether oxygens (including phenoxy) is 2. The van der Waals surface area contributed by atoms with Gasteiger partial charge in [0.25, 0.3) is 0 Å². The lowest BCUT2D eigenvalue weighted by atomic mass is 9.89. The zero-order valence-electron chi connectivity index (χ0n) is 11.5. The quantitative estimate of drug-likeness (QED) is 0.882. The molecule has 0 saturated carbocycles. The van der Waals surface area contributed by atoms with E-state index in [4.69, 9.17) is 21.7 Å². The first kappa shape index (κ1) is 13.5. The average Bonchev–Trinajstić information content (AvgIpc) is 3.04. The summed E-state index contributed by atoms with van der Waals surface area (Å²) in [6.07, 6.45) is 3.34. The Bertz CT molecular complexity index is 763. The van der Waals surface area contributed by atoms with Crippen LogP contribution in [0.25, 0.3) is 11.4 Å². The third-order valence-corrected chi connectivity index (χ3v) is 3.72. The van der Waals surface area contributed by atoms with Crippen LogP contribution in [0.4, 0.5) is 0 Å². The third-order valence-electron chi connectivity index (χ3n) is 3.32. The van der Waals surface area contributed by atoms with Gasteiger partial charge in [0.2, 0.25) is 11.5 Å². The van der Waals surface area contributed by atoms with Crippen molar-refractivity contribution < 1.29 is 14.3 Å². The highest BCUT2D eigenvalue weighted by atomic mass is 32.1. The highest BCUT2D eigenvalue weighted by Gasteiger charge is 2.34. The van der Waals surface area contributed by atoms with E-state index in [9.17, 15) is 4.79 Å². The van der Waals surface area contributed by atoms with Crippen molar-refractivity contribution >= 4 is 22.9 Å². The summed E-state index contributed by atoms with van der Waals surface area (Å²) < 4.78 is 10.4. The van der Waals surface area contributed by atoms with Crippen molar-refractivity contribution in [1.82, 2.24) is 9.97 Å².